The first-order chi connectivity index (χ1) is 12.4. The van der Waals surface area contributed by atoms with E-state index >= 15 is 0 Å². The van der Waals surface area contributed by atoms with Gasteiger partial charge in [-0.3, -0.25) is 4.79 Å². The Labute approximate surface area is 155 Å². The zero-order valence-corrected chi connectivity index (χ0v) is 16.4. The highest BCUT2D eigenvalue weighted by atomic mass is 16.5. The van der Waals surface area contributed by atoms with E-state index in [2.05, 4.69) is 16.8 Å². The molecule has 0 aliphatic carbocycles. The third kappa shape index (κ3) is 5.76. The highest BCUT2D eigenvalue weighted by molar-refractivity contribution is 5.99. The molecule has 1 amide bonds. The highest BCUT2D eigenvalue weighted by Gasteiger charge is 2.16. The van der Waals surface area contributed by atoms with Gasteiger partial charge in [-0.15, -0.1) is 0 Å². The van der Waals surface area contributed by atoms with Gasteiger partial charge >= 0.3 is 5.97 Å². The first-order valence-corrected chi connectivity index (χ1v) is 9.12. The summed E-state index contributed by atoms with van der Waals surface area (Å²) in [7, 11) is 0. The molecule has 1 heterocycles. The number of esters is 1. The fourth-order valence-corrected chi connectivity index (χ4v) is 2.80. The minimum Gasteiger partial charge on any atom is -0.451 e. The first-order valence-electron chi connectivity index (χ1n) is 9.12. The monoisotopic (exact) mass is 359 g/mol. The van der Waals surface area contributed by atoms with Crippen LogP contribution >= 0.6 is 0 Å². The molecule has 0 aromatic carbocycles. The molecule has 1 N–H and O–H groups in total. The van der Waals surface area contributed by atoms with Crippen molar-refractivity contribution in [3.05, 3.63) is 28.6 Å². The van der Waals surface area contributed by atoms with E-state index < -0.39 is 5.97 Å². The van der Waals surface area contributed by atoms with Gasteiger partial charge in [0.15, 0.2) is 6.61 Å². The number of rotatable bonds is 9. The predicted molar refractivity (Wildman–Crippen MR) is 101 cm³/mol. The van der Waals surface area contributed by atoms with Crippen molar-refractivity contribution in [2.24, 2.45) is 0 Å². The van der Waals surface area contributed by atoms with Crippen molar-refractivity contribution >= 4 is 18.0 Å². The van der Waals surface area contributed by atoms with E-state index in [4.69, 9.17) is 4.74 Å². The van der Waals surface area contributed by atoms with Gasteiger partial charge in [-0.1, -0.05) is 20.8 Å². The Kier molecular flexibility index (Phi) is 8.63. The number of aryl methyl sites for hydroxylation is 1. The molecule has 0 aliphatic rings. The fourth-order valence-electron chi connectivity index (χ4n) is 2.80. The normalized spacial score (nSPS) is 11.3. The van der Waals surface area contributed by atoms with Gasteiger partial charge in [0.05, 0.1) is 0 Å². The summed E-state index contributed by atoms with van der Waals surface area (Å²) < 4.78 is 7.14. The number of carbonyl (C=O) groups excluding carboxylic acids is 2. The van der Waals surface area contributed by atoms with Gasteiger partial charge in [-0.2, -0.15) is 5.26 Å². The summed E-state index contributed by atoms with van der Waals surface area (Å²) in [5, 5.41) is 12.1. The summed E-state index contributed by atoms with van der Waals surface area (Å²) in [4.78, 5) is 24.0. The van der Waals surface area contributed by atoms with Gasteiger partial charge in [0.1, 0.15) is 11.6 Å². The SMILES string of the molecule is CCCn1c(C)cc(C=C(C#N)C(=O)OCC(=O)NC(CC)CC)c1C. The Morgan fingerprint density at radius 2 is 1.96 bits per heavy atom. The molecule has 1 aromatic heterocycles. The molecule has 0 spiro atoms. The Balaban J connectivity index is 2.81. The molecule has 0 unspecified atom stereocenters. The van der Waals surface area contributed by atoms with Crippen LogP contribution in [0.2, 0.25) is 0 Å². The maximum atomic E-state index is 12.1. The van der Waals surface area contributed by atoms with Gasteiger partial charge in [0.2, 0.25) is 0 Å². The lowest BCUT2D eigenvalue weighted by Gasteiger charge is -2.14. The molecule has 142 valence electrons. The number of hydrogen-bond acceptors (Lipinski definition) is 4. The molecule has 0 fully saturated rings. The molecule has 6 nitrogen and oxygen atoms in total. The van der Waals surface area contributed by atoms with E-state index in [0.29, 0.717) is 0 Å². The van der Waals surface area contributed by atoms with Crippen molar-refractivity contribution in [3.63, 3.8) is 0 Å². The number of aromatic nitrogens is 1. The smallest absolute Gasteiger partial charge is 0.349 e. The van der Waals surface area contributed by atoms with Gasteiger partial charge < -0.3 is 14.6 Å². The number of ether oxygens (including phenoxy) is 1. The number of carbonyl (C=O) groups is 2. The standard InChI is InChI=1S/C20H29N3O3/c1-6-9-23-14(4)10-16(15(23)5)11-17(12-21)20(25)26-13-19(24)22-18(7-2)8-3/h10-11,18H,6-9,13H2,1-5H3,(H,22,24). The van der Waals surface area contributed by atoms with Gasteiger partial charge in [0.25, 0.3) is 5.91 Å². The number of hydrogen-bond donors (Lipinski definition) is 1. The van der Waals surface area contributed by atoms with Crippen LogP contribution in [0.1, 0.15) is 57.0 Å². The molecule has 0 atom stereocenters. The second-order valence-electron chi connectivity index (χ2n) is 6.30. The van der Waals surface area contributed by atoms with Crippen LogP contribution < -0.4 is 5.32 Å². The van der Waals surface area contributed by atoms with Crippen LogP contribution in [0.4, 0.5) is 0 Å². The molecule has 6 heteroatoms. The Bertz CT molecular complexity index is 707. The Morgan fingerprint density at radius 1 is 1.31 bits per heavy atom. The summed E-state index contributed by atoms with van der Waals surface area (Å²) in [6.07, 6.45) is 4.15. The number of amides is 1. The Hall–Kier alpha value is -2.55. The molecule has 1 aromatic rings. The maximum absolute atomic E-state index is 12.1. The van der Waals surface area contributed by atoms with Crippen LogP contribution in [0.15, 0.2) is 11.6 Å². The lowest BCUT2D eigenvalue weighted by molar-refractivity contribution is -0.144. The fraction of sp³-hybridized carbons (Fsp3) is 0.550. The second-order valence-corrected chi connectivity index (χ2v) is 6.30. The second kappa shape index (κ2) is 10.4. The number of nitriles is 1. The third-order valence-electron chi connectivity index (χ3n) is 4.39. The molecule has 26 heavy (non-hydrogen) atoms. The molecule has 0 radical (unpaired) electrons. The molecule has 0 saturated heterocycles. The quantitative estimate of drug-likeness (QED) is 0.417. The van der Waals surface area contributed by atoms with Gasteiger partial charge in [0, 0.05) is 24.0 Å². The first kappa shape index (κ1) is 21.5. The van der Waals surface area contributed by atoms with E-state index in [1.807, 2.05) is 39.8 Å². The van der Waals surface area contributed by atoms with Crippen molar-refractivity contribution in [3.8, 4) is 6.07 Å². The highest BCUT2D eigenvalue weighted by Crippen LogP contribution is 2.19. The van der Waals surface area contributed by atoms with Crippen molar-refractivity contribution in [1.29, 1.82) is 5.26 Å². The van der Waals surface area contributed by atoms with Gasteiger partial charge in [-0.05, 0) is 50.8 Å². The third-order valence-corrected chi connectivity index (χ3v) is 4.39. The van der Waals surface area contributed by atoms with Crippen molar-refractivity contribution in [1.82, 2.24) is 9.88 Å². The lowest BCUT2D eigenvalue weighted by atomic mass is 10.1. The average Bonchev–Trinajstić information content (AvgIpc) is 2.89. The summed E-state index contributed by atoms with van der Waals surface area (Å²) in [5.74, 6) is -1.14. The van der Waals surface area contributed by atoms with E-state index in [-0.39, 0.29) is 24.1 Å². The number of nitrogens with zero attached hydrogens (tertiary/aromatic N) is 2. The average molecular weight is 359 g/mol. The van der Waals surface area contributed by atoms with Crippen LogP contribution in [-0.2, 0) is 20.9 Å². The van der Waals surface area contributed by atoms with E-state index in [0.717, 1.165) is 42.8 Å². The Morgan fingerprint density at radius 3 is 2.50 bits per heavy atom. The summed E-state index contributed by atoms with van der Waals surface area (Å²) in [5.41, 5.74) is 2.77. The molecule has 0 bridgehead atoms. The lowest BCUT2D eigenvalue weighted by Crippen LogP contribution is -2.36. The van der Waals surface area contributed by atoms with Crippen LogP contribution in [0, 0.1) is 25.2 Å². The van der Waals surface area contributed by atoms with Crippen LogP contribution in [-0.4, -0.2) is 29.1 Å². The maximum Gasteiger partial charge on any atom is 0.349 e. The van der Waals surface area contributed by atoms with E-state index in [1.54, 1.807) is 0 Å². The minimum absolute atomic E-state index is 0.0659. The van der Waals surface area contributed by atoms with Crippen LogP contribution in [0.5, 0.6) is 0 Å². The summed E-state index contributed by atoms with van der Waals surface area (Å²) >= 11 is 0. The molecular formula is C20H29N3O3. The van der Waals surface area contributed by atoms with Crippen molar-refractivity contribution < 1.29 is 14.3 Å². The zero-order chi connectivity index (χ0) is 19.7. The number of nitrogens with one attached hydrogen (secondary N) is 1. The van der Waals surface area contributed by atoms with Crippen molar-refractivity contribution in [2.75, 3.05) is 6.61 Å². The molecular weight excluding hydrogens is 330 g/mol. The summed E-state index contributed by atoms with van der Waals surface area (Å²) in [6.45, 7) is 10.5. The van der Waals surface area contributed by atoms with E-state index in [1.165, 1.54) is 6.08 Å². The molecule has 0 aliphatic heterocycles. The molecule has 1 rings (SSSR count). The molecule has 0 saturated carbocycles. The minimum atomic E-state index is -0.785. The topological polar surface area (TPSA) is 84.1 Å². The summed E-state index contributed by atoms with van der Waals surface area (Å²) in [6, 6.07) is 3.88. The van der Waals surface area contributed by atoms with Crippen LogP contribution in [0.3, 0.4) is 0 Å². The zero-order valence-electron chi connectivity index (χ0n) is 16.4. The largest absolute Gasteiger partial charge is 0.451 e. The van der Waals surface area contributed by atoms with Crippen molar-refractivity contribution in [2.45, 2.75) is 66.5 Å². The van der Waals surface area contributed by atoms with Gasteiger partial charge in [-0.25, -0.2) is 4.79 Å². The predicted octanol–water partition coefficient (Wildman–Crippen LogP) is 3.27. The van der Waals surface area contributed by atoms with E-state index in [9.17, 15) is 14.9 Å². The van der Waals surface area contributed by atoms with Crippen LogP contribution in [0.25, 0.3) is 6.08 Å².